The molecule has 0 radical (unpaired) electrons. The molecule has 1 fully saturated rings. The van der Waals surface area contributed by atoms with Gasteiger partial charge in [0.1, 0.15) is 11.6 Å². The highest BCUT2D eigenvalue weighted by Gasteiger charge is 2.28. The van der Waals surface area contributed by atoms with Crippen LogP contribution in [0.15, 0.2) is 18.2 Å². The van der Waals surface area contributed by atoms with Crippen LogP contribution in [0.2, 0.25) is 0 Å². The first-order valence-corrected chi connectivity index (χ1v) is 6.47. The Labute approximate surface area is 109 Å². The van der Waals surface area contributed by atoms with Gasteiger partial charge < -0.3 is 5.32 Å². The second kappa shape index (κ2) is 5.65. The van der Waals surface area contributed by atoms with Crippen LogP contribution >= 0.6 is 11.6 Å². The van der Waals surface area contributed by atoms with Crippen molar-refractivity contribution in [1.82, 2.24) is 5.32 Å². The molecule has 2 rings (SSSR count). The fraction of sp³-hybridized carbons (Fsp3) is 0.462. The second-order valence-electron chi connectivity index (χ2n) is 4.55. The molecule has 2 atom stereocenters. The van der Waals surface area contributed by atoms with E-state index in [1.54, 1.807) is 0 Å². The van der Waals surface area contributed by atoms with E-state index in [0.29, 0.717) is 5.88 Å². The molecule has 0 aliphatic heterocycles. The Morgan fingerprint density at radius 2 is 2.17 bits per heavy atom. The average Bonchev–Trinajstić information content (AvgIpc) is 2.79. The van der Waals surface area contributed by atoms with E-state index in [0.717, 1.165) is 37.5 Å². The minimum atomic E-state index is -0.714. The van der Waals surface area contributed by atoms with Crippen LogP contribution in [0.5, 0.6) is 0 Å². The number of nitrogens with one attached hydrogen (secondary N) is 1. The van der Waals surface area contributed by atoms with Crippen LogP contribution < -0.4 is 5.32 Å². The highest BCUT2D eigenvalue weighted by Crippen LogP contribution is 2.27. The Hall–Kier alpha value is -1.16. The smallest absolute Gasteiger partial charge is 0.254 e. The van der Waals surface area contributed by atoms with Crippen molar-refractivity contribution < 1.29 is 13.6 Å². The lowest BCUT2D eigenvalue weighted by atomic mass is 10.1. The van der Waals surface area contributed by atoms with Crippen LogP contribution in [0.1, 0.15) is 29.6 Å². The second-order valence-corrected chi connectivity index (χ2v) is 4.86. The summed E-state index contributed by atoms with van der Waals surface area (Å²) in [5, 5.41) is 2.73. The molecule has 0 bridgehead atoms. The summed E-state index contributed by atoms with van der Waals surface area (Å²) in [5.41, 5.74) is -0.254. The van der Waals surface area contributed by atoms with Gasteiger partial charge in [-0.1, -0.05) is 6.42 Å². The standard InChI is InChI=1S/C13H14ClF2NO/c14-7-8-2-1-3-12(8)17-13(18)10-6-9(15)4-5-11(10)16/h4-6,8,12H,1-3,7H2,(H,17,18). The minimum absolute atomic E-state index is 0.0438. The predicted molar refractivity (Wildman–Crippen MR) is 65.7 cm³/mol. The maximum atomic E-state index is 13.4. The summed E-state index contributed by atoms with van der Waals surface area (Å²) in [6, 6.07) is 2.81. The molecule has 5 heteroatoms. The van der Waals surface area contributed by atoms with Crippen molar-refractivity contribution in [3.63, 3.8) is 0 Å². The van der Waals surface area contributed by atoms with E-state index in [1.807, 2.05) is 0 Å². The van der Waals surface area contributed by atoms with Gasteiger partial charge in [0.2, 0.25) is 0 Å². The molecule has 1 saturated carbocycles. The number of carbonyl (C=O) groups is 1. The van der Waals surface area contributed by atoms with E-state index in [2.05, 4.69) is 5.32 Å². The van der Waals surface area contributed by atoms with Crippen LogP contribution in [0.3, 0.4) is 0 Å². The molecule has 0 saturated heterocycles. The van der Waals surface area contributed by atoms with Crippen LogP contribution in [-0.4, -0.2) is 17.8 Å². The zero-order chi connectivity index (χ0) is 13.1. The highest BCUT2D eigenvalue weighted by molar-refractivity contribution is 6.18. The van der Waals surface area contributed by atoms with Gasteiger partial charge in [0.15, 0.2) is 0 Å². The minimum Gasteiger partial charge on any atom is -0.349 e. The quantitative estimate of drug-likeness (QED) is 0.843. The van der Waals surface area contributed by atoms with E-state index >= 15 is 0 Å². The fourth-order valence-corrected chi connectivity index (χ4v) is 2.70. The lowest BCUT2D eigenvalue weighted by Crippen LogP contribution is -2.38. The maximum Gasteiger partial charge on any atom is 0.254 e. The van der Waals surface area contributed by atoms with Gasteiger partial charge in [-0.25, -0.2) is 8.78 Å². The number of hydrogen-bond donors (Lipinski definition) is 1. The van der Waals surface area contributed by atoms with Crippen molar-refractivity contribution in [3.8, 4) is 0 Å². The number of carbonyl (C=O) groups excluding carboxylic acids is 1. The molecule has 2 nitrogen and oxygen atoms in total. The first-order valence-electron chi connectivity index (χ1n) is 5.93. The van der Waals surface area contributed by atoms with E-state index in [-0.39, 0.29) is 17.5 Å². The Balaban J connectivity index is 2.09. The third kappa shape index (κ3) is 2.80. The monoisotopic (exact) mass is 273 g/mol. The molecule has 0 aromatic heterocycles. The molecule has 1 aliphatic carbocycles. The van der Waals surface area contributed by atoms with Gasteiger partial charge in [-0.2, -0.15) is 0 Å². The van der Waals surface area contributed by atoms with E-state index < -0.39 is 17.5 Å². The average molecular weight is 274 g/mol. The Kier molecular flexibility index (Phi) is 4.17. The van der Waals surface area contributed by atoms with Crippen molar-refractivity contribution in [1.29, 1.82) is 0 Å². The van der Waals surface area contributed by atoms with Gasteiger partial charge in [0.05, 0.1) is 5.56 Å². The topological polar surface area (TPSA) is 29.1 Å². The summed E-state index contributed by atoms with van der Waals surface area (Å²) in [6.45, 7) is 0. The molecular formula is C13H14ClF2NO. The molecule has 1 amide bonds. The van der Waals surface area contributed by atoms with Gasteiger partial charge in [-0.3, -0.25) is 4.79 Å². The number of amides is 1. The van der Waals surface area contributed by atoms with Crippen molar-refractivity contribution >= 4 is 17.5 Å². The molecular weight excluding hydrogens is 260 g/mol. The highest BCUT2D eigenvalue weighted by atomic mass is 35.5. The summed E-state index contributed by atoms with van der Waals surface area (Å²) in [7, 11) is 0. The van der Waals surface area contributed by atoms with E-state index in [4.69, 9.17) is 11.6 Å². The predicted octanol–water partition coefficient (Wildman–Crippen LogP) is 3.10. The molecule has 2 unspecified atom stereocenters. The number of rotatable bonds is 3. The van der Waals surface area contributed by atoms with E-state index in [9.17, 15) is 13.6 Å². The third-order valence-corrected chi connectivity index (χ3v) is 3.74. The van der Waals surface area contributed by atoms with E-state index in [1.165, 1.54) is 0 Å². The number of hydrogen-bond acceptors (Lipinski definition) is 1. The third-order valence-electron chi connectivity index (χ3n) is 3.35. The molecule has 98 valence electrons. The van der Waals surface area contributed by atoms with Gasteiger partial charge in [0.25, 0.3) is 5.91 Å². The largest absolute Gasteiger partial charge is 0.349 e. The molecule has 0 heterocycles. The summed E-state index contributed by atoms with van der Waals surface area (Å²) in [5.74, 6) is -1.23. The van der Waals surface area contributed by atoms with Gasteiger partial charge in [-0.15, -0.1) is 11.6 Å². The van der Waals surface area contributed by atoms with Gasteiger partial charge in [-0.05, 0) is 37.0 Å². The number of alkyl halides is 1. The first kappa shape index (κ1) is 13.3. The normalized spacial score (nSPS) is 23.1. The Morgan fingerprint density at radius 3 is 2.89 bits per heavy atom. The Bertz CT molecular complexity index is 453. The van der Waals surface area contributed by atoms with Crippen molar-refractivity contribution in [2.45, 2.75) is 25.3 Å². The molecule has 0 spiro atoms. The van der Waals surface area contributed by atoms with Crippen LogP contribution in [-0.2, 0) is 0 Å². The van der Waals surface area contributed by atoms with Crippen LogP contribution in [0, 0.1) is 17.6 Å². The summed E-state index contributed by atoms with van der Waals surface area (Å²) in [6.07, 6.45) is 2.79. The van der Waals surface area contributed by atoms with Crippen molar-refractivity contribution in [3.05, 3.63) is 35.4 Å². The SMILES string of the molecule is O=C(NC1CCCC1CCl)c1cc(F)ccc1F. The summed E-state index contributed by atoms with van der Waals surface area (Å²) in [4.78, 5) is 11.9. The van der Waals surface area contributed by atoms with Crippen molar-refractivity contribution in [2.75, 3.05) is 5.88 Å². The lowest BCUT2D eigenvalue weighted by molar-refractivity contribution is 0.0925. The molecule has 1 aromatic rings. The first-order chi connectivity index (χ1) is 8.61. The Morgan fingerprint density at radius 1 is 1.39 bits per heavy atom. The van der Waals surface area contributed by atoms with Gasteiger partial charge >= 0.3 is 0 Å². The number of benzene rings is 1. The van der Waals surface area contributed by atoms with Crippen LogP contribution in [0.25, 0.3) is 0 Å². The molecule has 1 aromatic carbocycles. The fourth-order valence-electron chi connectivity index (χ4n) is 2.33. The number of halogens is 3. The van der Waals surface area contributed by atoms with Gasteiger partial charge in [0, 0.05) is 11.9 Å². The molecule has 18 heavy (non-hydrogen) atoms. The molecule has 1 aliphatic rings. The van der Waals surface area contributed by atoms with Crippen molar-refractivity contribution in [2.24, 2.45) is 5.92 Å². The maximum absolute atomic E-state index is 13.4. The lowest BCUT2D eigenvalue weighted by Gasteiger charge is -2.19. The zero-order valence-electron chi connectivity index (χ0n) is 9.76. The summed E-state index contributed by atoms with van der Waals surface area (Å²) >= 11 is 5.80. The molecule has 1 N–H and O–H groups in total. The van der Waals surface area contributed by atoms with Crippen LogP contribution in [0.4, 0.5) is 8.78 Å². The summed E-state index contributed by atoms with van der Waals surface area (Å²) < 4.78 is 26.4. The zero-order valence-corrected chi connectivity index (χ0v) is 10.5.